The standard InChI is InChI=1S/C38H23N3/c1-2-10-26-25(9-1)28-18-17-24(41-35-15-7-5-12-29(35)30-13-6-8-16-36(30)41)23-33(28)27-11-3-4-14-31(27)37-32(26)19-20-34-38(37)40-22-21-39-34/h1-23H. The monoisotopic (exact) mass is 521 g/mol. The molecule has 1 aliphatic carbocycles. The molecule has 0 bridgehead atoms. The van der Waals surface area contributed by atoms with Crippen molar-refractivity contribution in [1.29, 1.82) is 0 Å². The Morgan fingerprint density at radius 2 is 0.951 bits per heavy atom. The summed E-state index contributed by atoms with van der Waals surface area (Å²) in [4.78, 5) is 9.51. The van der Waals surface area contributed by atoms with Gasteiger partial charge in [-0.15, -0.1) is 0 Å². The van der Waals surface area contributed by atoms with Crippen LogP contribution in [0, 0.1) is 0 Å². The van der Waals surface area contributed by atoms with Crippen LogP contribution >= 0.6 is 0 Å². The van der Waals surface area contributed by atoms with Gasteiger partial charge in [0.2, 0.25) is 0 Å². The van der Waals surface area contributed by atoms with Gasteiger partial charge in [0.05, 0.1) is 22.1 Å². The lowest BCUT2D eigenvalue weighted by Gasteiger charge is -2.24. The van der Waals surface area contributed by atoms with E-state index in [9.17, 15) is 0 Å². The first-order valence-corrected chi connectivity index (χ1v) is 13.9. The van der Waals surface area contributed by atoms with Crippen molar-refractivity contribution in [2.75, 3.05) is 0 Å². The first-order chi connectivity index (χ1) is 20.4. The molecular weight excluding hydrogens is 498 g/mol. The van der Waals surface area contributed by atoms with Crippen LogP contribution < -0.4 is 0 Å². The van der Waals surface area contributed by atoms with E-state index < -0.39 is 0 Å². The summed E-state index contributed by atoms with van der Waals surface area (Å²) in [5.74, 6) is 0. The maximum atomic E-state index is 4.85. The van der Waals surface area contributed by atoms with Gasteiger partial charge in [0.25, 0.3) is 0 Å². The highest BCUT2D eigenvalue weighted by molar-refractivity contribution is 6.11. The third-order valence-corrected chi connectivity index (χ3v) is 8.48. The van der Waals surface area contributed by atoms with Crippen LogP contribution in [0.3, 0.4) is 0 Å². The van der Waals surface area contributed by atoms with Crippen molar-refractivity contribution < 1.29 is 0 Å². The van der Waals surface area contributed by atoms with Gasteiger partial charge in [0, 0.05) is 34.4 Å². The van der Waals surface area contributed by atoms with Crippen LogP contribution in [-0.4, -0.2) is 14.5 Å². The van der Waals surface area contributed by atoms with Crippen LogP contribution in [0.2, 0.25) is 0 Å². The molecule has 0 spiro atoms. The van der Waals surface area contributed by atoms with Gasteiger partial charge < -0.3 is 4.57 Å². The van der Waals surface area contributed by atoms with Crippen molar-refractivity contribution in [3.63, 3.8) is 0 Å². The van der Waals surface area contributed by atoms with Gasteiger partial charge >= 0.3 is 0 Å². The number of aromatic nitrogens is 3. The van der Waals surface area contributed by atoms with Crippen molar-refractivity contribution in [2.24, 2.45) is 0 Å². The Labute approximate surface area is 237 Å². The van der Waals surface area contributed by atoms with E-state index in [1.54, 1.807) is 12.4 Å². The van der Waals surface area contributed by atoms with Crippen LogP contribution in [0.1, 0.15) is 0 Å². The summed E-state index contributed by atoms with van der Waals surface area (Å²) >= 11 is 0. The molecule has 0 atom stereocenters. The van der Waals surface area contributed by atoms with E-state index in [1.807, 2.05) is 0 Å². The minimum atomic E-state index is 0.901. The molecule has 0 unspecified atom stereocenters. The minimum Gasteiger partial charge on any atom is -0.309 e. The summed E-state index contributed by atoms with van der Waals surface area (Å²) in [6.45, 7) is 0. The van der Waals surface area contributed by atoms with Crippen molar-refractivity contribution in [1.82, 2.24) is 14.5 Å². The second kappa shape index (κ2) is 8.48. The number of para-hydroxylation sites is 2. The molecule has 0 saturated carbocycles. The number of nitrogens with zero attached hydrogens (tertiary/aromatic N) is 3. The lowest BCUT2D eigenvalue weighted by Crippen LogP contribution is -2.01. The zero-order chi connectivity index (χ0) is 26.9. The molecule has 0 N–H and O–H groups in total. The number of benzene rings is 6. The molecule has 41 heavy (non-hydrogen) atoms. The lowest BCUT2D eigenvalue weighted by molar-refractivity contribution is 1.18. The Morgan fingerprint density at radius 1 is 0.415 bits per heavy atom. The number of rotatable bonds is 1. The maximum absolute atomic E-state index is 4.85. The fourth-order valence-corrected chi connectivity index (χ4v) is 6.75. The van der Waals surface area contributed by atoms with Crippen molar-refractivity contribution in [3.05, 3.63) is 140 Å². The third-order valence-electron chi connectivity index (χ3n) is 8.48. The average molecular weight is 522 g/mol. The second-order valence-corrected chi connectivity index (χ2v) is 10.6. The summed E-state index contributed by atoms with van der Waals surface area (Å²) in [5.41, 5.74) is 14.9. The molecular formula is C38H23N3. The van der Waals surface area contributed by atoms with Crippen LogP contribution in [0.5, 0.6) is 0 Å². The summed E-state index contributed by atoms with van der Waals surface area (Å²) in [6, 6.07) is 46.1. The molecule has 6 aromatic carbocycles. The fourth-order valence-electron chi connectivity index (χ4n) is 6.75. The molecule has 2 aromatic heterocycles. The topological polar surface area (TPSA) is 30.7 Å². The molecule has 0 aliphatic heterocycles. The number of hydrogen-bond donors (Lipinski definition) is 0. The molecule has 0 saturated heterocycles. The Hall–Kier alpha value is -5.54. The molecule has 190 valence electrons. The molecule has 0 fully saturated rings. The van der Waals surface area contributed by atoms with Crippen molar-refractivity contribution in [3.8, 4) is 50.2 Å². The third kappa shape index (κ3) is 3.14. The Morgan fingerprint density at radius 3 is 1.68 bits per heavy atom. The van der Waals surface area contributed by atoms with Gasteiger partial charge in [-0.05, 0) is 69.3 Å². The van der Waals surface area contributed by atoms with E-state index in [-0.39, 0.29) is 0 Å². The minimum absolute atomic E-state index is 0.901. The first-order valence-electron chi connectivity index (χ1n) is 13.9. The van der Waals surface area contributed by atoms with Gasteiger partial charge in [-0.3, -0.25) is 9.97 Å². The largest absolute Gasteiger partial charge is 0.309 e. The highest BCUT2D eigenvalue weighted by Crippen LogP contribution is 2.49. The Kier molecular flexibility index (Phi) is 4.61. The Bertz CT molecular complexity index is 2270. The van der Waals surface area contributed by atoms with Gasteiger partial charge in [0.15, 0.2) is 0 Å². The van der Waals surface area contributed by atoms with E-state index in [4.69, 9.17) is 4.98 Å². The Balaban J connectivity index is 1.42. The average Bonchev–Trinajstić information content (AvgIpc) is 3.38. The smallest absolute Gasteiger partial charge is 0.0971 e. The van der Waals surface area contributed by atoms with Crippen LogP contribution in [0.25, 0.3) is 83.0 Å². The molecule has 3 nitrogen and oxygen atoms in total. The zero-order valence-corrected chi connectivity index (χ0v) is 22.1. The molecule has 9 rings (SSSR count). The SMILES string of the molecule is c1ccc2c(c1)-c1ccc(-n3c4ccccc4c4ccccc43)cc1-c1ccccc1-c1c-2ccc2nccnc12. The molecule has 2 heterocycles. The van der Waals surface area contributed by atoms with Gasteiger partial charge in [-0.1, -0.05) is 97.1 Å². The predicted molar refractivity (Wildman–Crippen MR) is 169 cm³/mol. The van der Waals surface area contributed by atoms with E-state index in [2.05, 4.69) is 137 Å². The summed E-state index contributed by atoms with van der Waals surface area (Å²) in [6.07, 6.45) is 3.56. The molecule has 8 aromatic rings. The van der Waals surface area contributed by atoms with Crippen LogP contribution in [0.4, 0.5) is 0 Å². The first kappa shape index (κ1) is 22.3. The van der Waals surface area contributed by atoms with Crippen molar-refractivity contribution in [2.45, 2.75) is 0 Å². The fraction of sp³-hybridized carbons (Fsp3) is 0. The van der Waals surface area contributed by atoms with Crippen LogP contribution in [0.15, 0.2) is 140 Å². The van der Waals surface area contributed by atoms with Gasteiger partial charge in [-0.2, -0.15) is 0 Å². The molecule has 1 aliphatic rings. The highest BCUT2D eigenvalue weighted by Gasteiger charge is 2.24. The zero-order valence-electron chi connectivity index (χ0n) is 22.1. The van der Waals surface area contributed by atoms with E-state index >= 15 is 0 Å². The highest BCUT2D eigenvalue weighted by atomic mass is 15.0. The normalized spacial score (nSPS) is 11.9. The maximum Gasteiger partial charge on any atom is 0.0971 e. The van der Waals surface area contributed by atoms with E-state index in [0.717, 1.165) is 22.3 Å². The van der Waals surface area contributed by atoms with Gasteiger partial charge in [0.1, 0.15) is 0 Å². The van der Waals surface area contributed by atoms with Crippen LogP contribution in [-0.2, 0) is 0 Å². The number of hydrogen-bond acceptors (Lipinski definition) is 2. The predicted octanol–water partition coefficient (Wildman–Crippen LogP) is 9.71. The molecule has 3 heteroatoms. The molecule has 0 radical (unpaired) electrons. The van der Waals surface area contributed by atoms with Crippen molar-refractivity contribution >= 4 is 32.8 Å². The van der Waals surface area contributed by atoms with E-state index in [1.165, 1.54) is 60.8 Å². The molecule has 0 amide bonds. The summed E-state index contributed by atoms with van der Waals surface area (Å²) in [5, 5.41) is 2.53. The second-order valence-electron chi connectivity index (χ2n) is 10.6. The summed E-state index contributed by atoms with van der Waals surface area (Å²) < 4.78 is 2.40. The van der Waals surface area contributed by atoms with Gasteiger partial charge in [-0.25, -0.2) is 0 Å². The van der Waals surface area contributed by atoms with E-state index in [0.29, 0.717) is 0 Å². The quantitative estimate of drug-likeness (QED) is 0.215. The number of fused-ring (bicyclic) bond motifs is 13. The lowest BCUT2D eigenvalue weighted by atomic mass is 9.80. The summed E-state index contributed by atoms with van der Waals surface area (Å²) in [7, 11) is 0.